The van der Waals surface area contributed by atoms with Crippen LogP contribution in [-0.2, 0) is 0 Å². The van der Waals surface area contributed by atoms with Crippen molar-refractivity contribution in [3.8, 4) is 0 Å². The summed E-state index contributed by atoms with van der Waals surface area (Å²) in [6.07, 6.45) is 7.05. The molecule has 0 heterocycles. The van der Waals surface area contributed by atoms with Crippen LogP contribution in [0.1, 0.15) is 39.0 Å². The Bertz CT molecular complexity index is 560. The Hall–Kier alpha value is -1.50. The standard InChI is InChI=1S/C19H25N/c1-15-5-4-6-16(13-15)11-12-20-19-10-9-17-7-2-3-8-18(17)14-19/h2-3,7-10,14-16,20H,4-6,11-13H2,1H3. The summed E-state index contributed by atoms with van der Waals surface area (Å²) in [5, 5.41) is 6.24. The first-order valence-corrected chi connectivity index (χ1v) is 8.04. The summed E-state index contributed by atoms with van der Waals surface area (Å²) in [5.41, 5.74) is 1.26. The van der Waals surface area contributed by atoms with Crippen LogP contribution in [-0.4, -0.2) is 6.54 Å². The van der Waals surface area contributed by atoms with Gasteiger partial charge in [0.2, 0.25) is 0 Å². The summed E-state index contributed by atoms with van der Waals surface area (Å²) in [6, 6.07) is 15.2. The van der Waals surface area contributed by atoms with E-state index in [9.17, 15) is 0 Å². The minimum absolute atomic E-state index is 0.937. The van der Waals surface area contributed by atoms with Gasteiger partial charge in [0, 0.05) is 12.2 Å². The number of hydrogen-bond donors (Lipinski definition) is 1. The van der Waals surface area contributed by atoms with Gasteiger partial charge in [-0.05, 0) is 47.6 Å². The largest absolute Gasteiger partial charge is 0.385 e. The van der Waals surface area contributed by atoms with Crippen molar-refractivity contribution in [2.45, 2.75) is 39.0 Å². The molecule has 1 nitrogen and oxygen atoms in total. The molecule has 2 atom stereocenters. The van der Waals surface area contributed by atoms with Crippen LogP contribution in [0.4, 0.5) is 5.69 Å². The van der Waals surface area contributed by atoms with E-state index in [1.807, 2.05) is 0 Å². The molecular formula is C19H25N. The Kier molecular flexibility index (Phi) is 4.25. The predicted octanol–water partition coefficient (Wildman–Crippen LogP) is 5.47. The number of nitrogens with one attached hydrogen (secondary N) is 1. The van der Waals surface area contributed by atoms with E-state index in [4.69, 9.17) is 0 Å². The van der Waals surface area contributed by atoms with Gasteiger partial charge in [0.15, 0.2) is 0 Å². The Balaban J connectivity index is 1.54. The Morgan fingerprint density at radius 1 is 1.05 bits per heavy atom. The molecule has 0 bridgehead atoms. The minimum atomic E-state index is 0.937. The van der Waals surface area contributed by atoms with Crippen molar-refractivity contribution in [1.82, 2.24) is 0 Å². The van der Waals surface area contributed by atoms with Gasteiger partial charge < -0.3 is 5.32 Å². The molecule has 0 aliphatic heterocycles. The highest BCUT2D eigenvalue weighted by atomic mass is 14.9. The summed E-state index contributed by atoms with van der Waals surface area (Å²) in [5.74, 6) is 1.88. The van der Waals surface area contributed by atoms with Crippen molar-refractivity contribution in [2.75, 3.05) is 11.9 Å². The highest BCUT2D eigenvalue weighted by molar-refractivity contribution is 5.85. The molecule has 0 saturated heterocycles. The van der Waals surface area contributed by atoms with Gasteiger partial charge in [-0.25, -0.2) is 0 Å². The summed E-state index contributed by atoms with van der Waals surface area (Å²) in [4.78, 5) is 0. The fourth-order valence-corrected chi connectivity index (χ4v) is 3.54. The number of hydrogen-bond acceptors (Lipinski definition) is 1. The van der Waals surface area contributed by atoms with Crippen molar-refractivity contribution in [1.29, 1.82) is 0 Å². The average Bonchev–Trinajstić information content (AvgIpc) is 2.47. The topological polar surface area (TPSA) is 12.0 Å². The van der Waals surface area contributed by atoms with Crippen LogP contribution < -0.4 is 5.32 Å². The van der Waals surface area contributed by atoms with Crippen LogP contribution in [0.3, 0.4) is 0 Å². The molecule has 20 heavy (non-hydrogen) atoms. The summed E-state index contributed by atoms with van der Waals surface area (Å²) in [6.45, 7) is 3.51. The Morgan fingerprint density at radius 3 is 2.75 bits per heavy atom. The average molecular weight is 267 g/mol. The lowest BCUT2D eigenvalue weighted by Gasteiger charge is -2.26. The second-order valence-corrected chi connectivity index (χ2v) is 6.42. The molecule has 1 aliphatic rings. The first-order valence-electron chi connectivity index (χ1n) is 8.04. The Labute approximate surface area is 122 Å². The molecular weight excluding hydrogens is 242 g/mol. The smallest absolute Gasteiger partial charge is 0.0346 e. The molecule has 3 rings (SSSR count). The molecule has 1 N–H and O–H groups in total. The first-order chi connectivity index (χ1) is 9.81. The summed E-state index contributed by atoms with van der Waals surface area (Å²) < 4.78 is 0. The maximum absolute atomic E-state index is 3.60. The van der Waals surface area contributed by atoms with Crippen LogP contribution in [0.25, 0.3) is 10.8 Å². The maximum Gasteiger partial charge on any atom is 0.0346 e. The molecule has 2 aromatic carbocycles. The zero-order chi connectivity index (χ0) is 13.8. The molecule has 0 spiro atoms. The Morgan fingerprint density at radius 2 is 1.90 bits per heavy atom. The van der Waals surface area contributed by atoms with E-state index in [2.05, 4.69) is 54.7 Å². The van der Waals surface area contributed by atoms with Crippen LogP contribution in [0.2, 0.25) is 0 Å². The maximum atomic E-state index is 3.60. The molecule has 1 heteroatoms. The third-order valence-corrected chi connectivity index (χ3v) is 4.68. The monoisotopic (exact) mass is 267 g/mol. The first kappa shape index (κ1) is 13.5. The number of benzene rings is 2. The van der Waals surface area contributed by atoms with E-state index in [0.29, 0.717) is 0 Å². The third-order valence-electron chi connectivity index (χ3n) is 4.68. The third kappa shape index (κ3) is 3.33. The molecule has 1 fully saturated rings. The van der Waals surface area contributed by atoms with Crippen LogP contribution in [0.5, 0.6) is 0 Å². The van der Waals surface area contributed by atoms with E-state index < -0.39 is 0 Å². The fraction of sp³-hybridized carbons (Fsp3) is 0.474. The highest BCUT2D eigenvalue weighted by Gasteiger charge is 2.18. The molecule has 1 saturated carbocycles. The van der Waals surface area contributed by atoms with Gasteiger partial charge in [-0.3, -0.25) is 0 Å². The lowest BCUT2D eigenvalue weighted by molar-refractivity contribution is 0.274. The molecule has 2 unspecified atom stereocenters. The van der Waals surface area contributed by atoms with E-state index in [1.54, 1.807) is 0 Å². The molecule has 0 radical (unpaired) electrons. The van der Waals surface area contributed by atoms with Crippen molar-refractivity contribution in [3.05, 3.63) is 42.5 Å². The predicted molar refractivity (Wildman–Crippen MR) is 88.2 cm³/mol. The van der Waals surface area contributed by atoms with E-state index in [-0.39, 0.29) is 0 Å². The van der Waals surface area contributed by atoms with Gasteiger partial charge in [0.25, 0.3) is 0 Å². The lowest BCUT2D eigenvalue weighted by atomic mass is 9.81. The SMILES string of the molecule is CC1CCCC(CCNc2ccc3ccccc3c2)C1. The minimum Gasteiger partial charge on any atom is -0.385 e. The van der Waals surface area contributed by atoms with Gasteiger partial charge in [-0.1, -0.05) is 56.5 Å². The highest BCUT2D eigenvalue weighted by Crippen LogP contribution is 2.30. The van der Waals surface area contributed by atoms with Gasteiger partial charge in [-0.2, -0.15) is 0 Å². The summed E-state index contributed by atoms with van der Waals surface area (Å²) in [7, 11) is 0. The van der Waals surface area contributed by atoms with E-state index >= 15 is 0 Å². The molecule has 0 aromatic heterocycles. The normalized spacial score (nSPS) is 22.9. The number of anilines is 1. The van der Waals surface area contributed by atoms with Gasteiger partial charge >= 0.3 is 0 Å². The molecule has 0 amide bonds. The molecule has 2 aromatic rings. The number of rotatable bonds is 4. The van der Waals surface area contributed by atoms with Crippen molar-refractivity contribution in [2.24, 2.45) is 11.8 Å². The zero-order valence-corrected chi connectivity index (χ0v) is 12.4. The second-order valence-electron chi connectivity index (χ2n) is 6.42. The van der Waals surface area contributed by atoms with Gasteiger partial charge in [0.1, 0.15) is 0 Å². The molecule has 1 aliphatic carbocycles. The molecule has 106 valence electrons. The van der Waals surface area contributed by atoms with Crippen molar-refractivity contribution < 1.29 is 0 Å². The lowest BCUT2D eigenvalue weighted by Crippen LogP contribution is -2.16. The van der Waals surface area contributed by atoms with E-state index in [1.165, 1.54) is 48.6 Å². The van der Waals surface area contributed by atoms with Crippen LogP contribution >= 0.6 is 0 Å². The van der Waals surface area contributed by atoms with E-state index in [0.717, 1.165) is 18.4 Å². The zero-order valence-electron chi connectivity index (χ0n) is 12.4. The van der Waals surface area contributed by atoms with Crippen molar-refractivity contribution in [3.63, 3.8) is 0 Å². The van der Waals surface area contributed by atoms with Crippen molar-refractivity contribution >= 4 is 16.5 Å². The summed E-state index contributed by atoms with van der Waals surface area (Å²) >= 11 is 0. The second kappa shape index (κ2) is 6.30. The van der Waals surface area contributed by atoms with Gasteiger partial charge in [-0.15, -0.1) is 0 Å². The van der Waals surface area contributed by atoms with Crippen LogP contribution in [0, 0.1) is 11.8 Å². The van der Waals surface area contributed by atoms with Gasteiger partial charge in [0.05, 0.1) is 0 Å². The number of fused-ring (bicyclic) bond motifs is 1. The fourth-order valence-electron chi connectivity index (χ4n) is 3.54. The quantitative estimate of drug-likeness (QED) is 0.774. The van der Waals surface area contributed by atoms with Crippen LogP contribution in [0.15, 0.2) is 42.5 Å².